The number of hydrogen-bond acceptors (Lipinski definition) is 6. The Hall–Kier alpha value is -3.13. The standard InChI is InChI=1S/C17H14N2O5S/c1-12-6-8-13(9-7-12)25(21,22)19-18-16(14-4-2-10-23-14)17(20)15-5-3-11-24-15/h2-11,19H,1H3/b18-16+. The van der Waals surface area contributed by atoms with Crippen molar-refractivity contribution in [3.05, 3.63) is 78.1 Å². The zero-order valence-electron chi connectivity index (χ0n) is 13.2. The van der Waals surface area contributed by atoms with Crippen LogP contribution in [0.2, 0.25) is 0 Å². The molecule has 25 heavy (non-hydrogen) atoms. The van der Waals surface area contributed by atoms with E-state index in [-0.39, 0.29) is 22.1 Å². The number of hydrogen-bond donors (Lipinski definition) is 1. The molecule has 0 aliphatic rings. The van der Waals surface area contributed by atoms with E-state index in [9.17, 15) is 13.2 Å². The molecule has 0 aliphatic carbocycles. The molecule has 0 spiro atoms. The maximum absolute atomic E-state index is 12.5. The van der Waals surface area contributed by atoms with Gasteiger partial charge in [0.05, 0.1) is 17.4 Å². The van der Waals surface area contributed by atoms with Gasteiger partial charge in [0.2, 0.25) is 0 Å². The van der Waals surface area contributed by atoms with Crippen LogP contribution in [0.1, 0.15) is 21.9 Å². The van der Waals surface area contributed by atoms with Crippen molar-refractivity contribution < 1.29 is 22.0 Å². The Balaban J connectivity index is 1.94. The molecular formula is C17H14N2O5S. The van der Waals surface area contributed by atoms with Crippen LogP contribution < -0.4 is 4.83 Å². The number of nitrogens with zero attached hydrogens (tertiary/aromatic N) is 1. The van der Waals surface area contributed by atoms with Gasteiger partial charge in [0, 0.05) is 0 Å². The van der Waals surface area contributed by atoms with E-state index in [1.165, 1.54) is 36.8 Å². The molecule has 0 atom stereocenters. The molecule has 128 valence electrons. The molecule has 0 saturated heterocycles. The number of hydrazone groups is 1. The van der Waals surface area contributed by atoms with Gasteiger partial charge in [-0.15, -0.1) is 0 Å². The van der Waals surface area contributed by atoms with Gasteiger partial charge in [0.25, 0.3) is 15.8 Å². The summed E-state index contributed by atoms with van der Waals surface area (Å²) in [4.78, 5) is 14.6. The van der Waals surface area contributed by atoms with E-state index >= 15 is 0 Å². The summed E-state index contributed by atoms with van der Waals surface area (Å²) in [5, 5.41) is 3.77. The zero-order chi connectivity index (χ0) is 17.9. The lowest BCUT2D eigenvalue weighted by Crippen LogP contribution is -2.24. The fourth-order valence-corrected chi connectivity index (χ4v) is 2.84. The molecule has 0 aliphatic heterocycles. The van der Waals surface area contributed by atoms with Crippen molar-refractivity contribution in [1.82, 2.24) is 4.83 Å². The second-order valence-electron chi connectivity index (χ2n) is 5.15. The minimum Gasteiger partial charge on any atom is -0.462 e. The lowest BCUT2D eigenvalue weighted by molar-refractivity contribution is 0.104. The molecule has 8 heteroatoms. The van der Waals surface area contributed by atoms with Crippen LogP contribution in [0.15, 0.2) is 79.9 Å². The largest absolute Gasteiger partial charge is 0.462 e. The first-order valence-corrected chi connectivity index (χ1v) is 8.74. The molecule has 3 aromatic rings. The predicted molar refractivity (Wildman–Crippen MR) is 89.8 cm³/mol. The number of ketones is 1. The number of Topliss-reactive ketones (excluding diaryl/α,β-unsaturated/α-hetero) is 1. The van der Waals surface area contributed by atoms with Gasteiger partial charge in [-0.25, -0.2) is 0 Å². The van der Waals surface area contributed by atoms with Crippen molar-refractivity contribution in [2.45, 2.75) is 11.8 Å². The average molecular weight is 358 g/mol. The van der Waals surface area contributed by atoms with Crippen LogP contribution in [0.4, 0.5) is 0 Å². The molecule has 0 unspecified atom stereocenters. The number of furan rings is 2. The number of aryl methyl sites for hydroxylation is 1. The topological polar surface area (TPSA) is 102 Å². The Morgan fingerprint density at radius 2 is 1.56 bits per heavy atom. The lowest BCUT2D eigenvalue weighted by atomic mass is 10.1. The summed E-state index contributed by atoms with van der Waals surface area (Å²) >= 11 is 0. The first-order chi connectivity index (χ1) is 12.0. The number of sulfonamides is 1. The van der Waals surface area contributed by atoms with Gasteiger partial charge >= 0.3 is 0 Å². The minimum atomic E-state index is -3.93. The molecule has 1 N–H and O–H groups in total. The smallest absolute Gasteiger partial charge is 0.276 e. The summed E-state index contributed by atoms with van der Waals surface area (Å²) in [5.74, 6) is -0.468. The fourth-order valence-electron chi connectivity index (χ4n) is 2.03. The van der Waals surface area contributed by atoms with Crippen LogP contribution in [0.5, 0.6) is 0 Å². The first kappa shape index (κ1) is 16.7. The van der Waals surface area contributed by atoms with E-state index in [0.717, 1.165) is 5.56 Å². The van der Waals surface area contributed by atoms with Crippen LogP contribution in [0.3, 0.4) is 0 Å². The maximum Gasteiger partial charge on any atom is 0.276 e. The van der Waals surface area contributed by atoms with Crippen LogP contribution in [0.25, 0.3) is 0 Å². The Kier molecular flexibility index (Phi) is 4.53. The summed E-state index contributed by atoms with van der Waals surface area (Å²) in [6, 6.07) is 12.3. The summed E-state index contributed by atoms with van der Waals surface area (Å²) in [6.45, 7) is 1.85. The van der Waals surface area contributed by atoms with Crippen molar-refractivity contribution in [3.63, 3.8) is 0 Å². The summed E-state index contributed by atoms with van der Waals surface area (Å²) in [6.07, 6.45) is 2.69. The number of carbonyl (C=O) groups is 1. The van der Waals surface area contributed by atoms with Gasteiger partial charge in [0.15, 0.2) is 17.2 Å². The van der Waals surface area contributed by atoms with E-state index in [2.05, 4.69) is 9.93 Å². The van der Waals surface area contributed by atoms with Crippen molar-refractivity contribution >= 4 is 21.5 Å². The van der Waals surface area contributed by atoms with E-state index in [0.29, 0.717) is 0 Å². The normalized spacial score (nSPS) is 12.1. The van der Waals surface area contributed by atoms with Crippen LogP contribution >= 0.6 is 0 Å². The molecular weight excluding hydrogens is 344 g/mol. The van der Waals surface area contributed by atoms with Crippen LogP contribution in [0, 0.1) is 6.92 Å². The molecule has 0 radical (unpaired) electrons. The van der Waals surface area contributed by atoms with Crippen molar-refractivity contribution in [2.75, 3.05) is 0 Å². The Morgan fingerprint density at radius 1 is 0.960 bits per heavy atom. The summed E-state index contributed by atoms with van der Waals surface area (Å²) < 4.78 is 34.9. The van der Waals surface area contributed by atoms with Gasteiger partial charge in [0.1, 0.15) is 0 Å². The van der Waals surface area contributed by atoms with Crippen LogP contribution in [-0.4, -0.2) is 19.9 Å². The zero-order valence-corrected chi connectivity index (χ0v) is 14.0. The number of nitrogens with one attached hydrogen (secondary N) is 1. The third-order valence-corrected chi connectivity index (χ3v) is 4.55. The van der Waals surface area contributed by atoms with Gasteiger partial charge in [-0.05, 0) is 43.3 Å². The SMILES string of the molecule is Cc1ccc(S(=O)(=O)N/N=C(/C(=O)c2ccco2)c2ccco2)cc1. The highest BCUT2D eigenvalue weighted by Crippen LogP contribution is 2.12. The van der Waals surface area contributed by atoms with Crippen LogP contribution in [-0.2, 0) is 10.0 Å². The quantitative estimate of drug-likeness (QED) is 0.415. The van der Waals surface area contributed by atoms with Gasteiger partial charge in [-0.3, -0.25) is 4.79 Å². The maximum atomic E-state index is 12.5. The molecule has 0 fully saturated rings. The Labute approximate surface area is 144 Å². The molecule has 3 rings (SSSR count). The molecule has 7 nitrogen and oxygen atoms in total. The number of carbonyl (C=O) groups excluding carboxylic acids is 1. The molecule has 2 heterocycles. The van der Waals surface area contributed by atoms with E-state index in [1.54, 1.807) is 24.3 Å². The minimum absolute atomic E-state index is 0.0182. The second kappa shape index (κ2) is 6.78. The third-order valence-electron chi connectivity index (χ3n) is 3.32. The number of rotatable bonds is 6. The molecule has 0 saturated carbocycles. The Bertz CT molecular complexity index is 986. The molecule has 2 aromatic heterocycles. The summed E-state index contributed by atoms with van der Waals surface area (Å²) in [5.41, 5.74) is 0.711. The van der Waals surface area contributed by atoms with Gasteiger partial charge in [-0.1, -0.05) is 17.7 Å². The highest BCUT2D eigenvalue weighted by Gasteiger charge is 2.23. The second-order valence-corrected chi connectivity index (χ2v) is 6.81. The fraction of sp³-hybridized carbons (Fsp3) is 0.0588. The van der Waals surface area contributed by atoms with Crippen molar-refractivity contribution in [3.8, 4) is 0 Å². The lowest BCUT2D eigenvalue weighted by Gasteiger charge is -2.06. The molecule has 1 aromatic carbocycles. The van der Waals surface area contributed by atoms with Crippen molar-refractivity contribution in [1.29, 1.82) is 0 Å². The number of benzene rings is 1. The van der Waals surface area contributed by atoms with Gasteiger partial charge in [-0.2, -0.15) is 18.4 Å². The molecule has 0 bridgehead atoms. The first-order valence-electron chi connectivity index (χ1n) is 7.25. The van der Waals surface area contributed by atoms with E-state index in [1.807, 2.05) is 6.92 Å². The van der Waals surface area contributed by atoms with E-state index < -0.39 is 15.8 Å². The highest BCUT2D eigenvalue weighted by molar-refractivity contribution is 7.89. The average Bonchev–Trinajstić information content (AvgIpc) is 3.29. The molecule has 0 amide bonds. The third kappa shape index (κ3) is 3.69. The monoisotopic (exact) mass is 358 g/mol. The Morgan fingerprint density at radius 3 is 2.12 bits per heavy atom. The van der Waals surface area contributed by atoms with Crippen molar-refractivity contribution in [2.24, 2.45) is 5.10 Å². The predicted octanol–water partition coefficient (Wildman–Crippen LogP) is 2.75. The van der Waals surface area contributed by atoms with E-state index in [4.69, 9.17) is 8.83 Å². The highest BCUT2D eigenvalue weighted by atomic mass is 32.2. The summed E-state index contributed by atoms with van der Waals surface area (Å²) in [7, 11) is -3.93. The van der Waals surface area contributed by atoms with Gasteiger partial charge < -0.3 is 8.83 Å².